The van der Waals surface area contributed by atoms with E-state index < -0.39 is 5.82 Å². The highest BCUT2D eigenvalue weighted by Crippen LogP contribution is 2.22. The molecule has 0 spiro atoms. The first-order valence-corrected chi connectivity index (χ1v) is 9.86. The first kappa shape index (κ1) is 19.8. The maximum atomic E-state index is 13.3. The summed E-state index contributed by atoms with van der Waals surface area (Å²) < 4.78 is 13.3. The number of carbonyl (C=O) groups is 2. The molecule has 9 heteroatoms. The van der Waals surface area contributed by atoms with Gasteiger partial charge < -0.3 is 9.80 Å². The molecule has 1 aromatic carbocycles. The van der Waals surface area contributed by atoms with Gasteiger partial charge in [0.25, 0.3) is 5.91 Å². The first-order valence-electron chi connectivity index (χ1n) is 9.48. The Labute approximate surface area is 172 Å². The zero-order valence-corrected chi connectivity index (χ0v) is 16.4. The van der Waals surface area contributed by atoms with E-state index in [1.807, 2.05) is 18.2 Å². The van der Waals surface area contributed by atoms with Gasteiger partial charge in [0, 0.05) is 37.9 Å². The molecule has 2 saturated heterocycles. The smallest absolute Gasteiger partial charge is 0.254 e. The third-order valence-electron chi connectivity index (χ3n) is 5.29. The van der Waals surface area contributed by atoms with Crippen LogP contribution in [0, 0.1) is 5.82 Å². The summed E-state index contributed by atoms with van der Waals surface area (Å²) in [4.78, 5) is 33.2. The van der Waals surface area contributed by atoms with Crippen molar-refractivity contribution in [3.8, 4) is 0 Å². The number of amides is 2. The number of hydrazine groups is 1. The van der Waals surface area contributed by atoms with Crippen molar-refractivity contribution in [3.63, 3.8) is 0 Å². The maximum absolute atomic E-state index is 13.3. The lowest BCUT2D eigenvalue weighted by molar-refractivity contribution is -0.134. The van der Waals surface area contributed by atoms with Gasteiger partial charge in [-0.1, -0.05) is 17.7 Å². The Balaban J connectivity index is 1.32. The molecule has 2 fully saturated rings. The van der Waals surface area contributed by atoms with Crippen LogP contribution in [0.3, 0.4) is 0 Å². The standard InChI is InChI=1S/C20H21ClFN5O2/c21-14-11-13(4-5-15(14)22)19(28)26-7-9-27(10-8-26)20(29)18-12-17(24-25-18)16-3-1-2-6-23-16/h1-6,11,17-18,24-25H,7-10,12H2. The van der Waals surface area contributed by atoms with Crippen LogP contribution in [0.15, 0.2) is 42.6 Å². The predicted octanol–water partition coefficient (Wildman–Crippen LogP) is 1.77. The van der Waals surface area contributed by atoms with Crippen molar-refractivity contribution < 1.29 is 14.0 Å². The summed E-state index contributed by atoms with van der Waals surface area (Å²) in [7, 11) is 0. The minimum Gasteiger partial charge on any atom is -0.338 e. The molecule has 2 aliphatic heterocycles. The van der Waals surface area contributed by atoms with E-state index in [1.165, 1.54) is 18.2 Å². The lowest BCUT2D eigenvalue weighted by Gasteiger charge is -2.36. The van der Waals surface area contributed by atoms with Crippen LogP contribution in [0.2, 0.25) is 5.02 Å². The fourth-order valence-electron chi connectivity index (χ4n) is 3.66. The van der Waals surface area contributed by atoms with Crippen molar-refractivity contribution in [2.75, 3.05) is 26.2 Å². The van der Waals surface area contributed by atoms with Crippen LogP contribution in [0.1, 0.15) is 28.5 Å². The van der Waals surface area contributed by atoms with Crippen LogP contribution < -0.4 is 10.9 Å². The quantitative estimate of drug-likeness (QED) is 0.795. The van der Waals surface area contributed by atoms with Gasteiger partial charge in [-0.25, -0.2) is 15.2 Å². The van der Waals surface area contributed by atoms with Gasteiger partial charge in [0.05, 0.1) is 16.8 Å². The third kappa shape index (κ3) is 4.24. The second-order valence-electron chi connectivity index (χ2n) is 7.13. The van der Waals surface area contributed by atoms with Crippen LogP contribution in [0.4, 0.5) is 4.39 Å². The molecule has 152 valence electrons. The van der Waals surface area contributed by atoms with E-state index in [-0.39, 0.29) is 28.9 Å². The molecule has 2 aliphatic rings. The Morgan fingerprint density at radius 2 is 1.83 bits per heavy atom. The van der Waals surface area contributed by atoms with Gasteiger partial charge in [-0.3, -0.25) is 14.6 Å². The minimum atomic E-state index is -0.555. The van der Waals surface area contributed by atoms with Crippen LogP contribution in [0.5, 0.6) is 0 Å². The number of halogens is 2. The van der Waals surface area contributed by atoms with Gasteiger partial charge in [-0.15, -0.1) is 0 Å². The molecule has 0 aliphatic carbocycles. The molecule has 0 radical (unpaired) electrons. The average Bonchev–Trinajstić information content (AvgIpc) is 3.26. The number of hydrogen-bond donors (Lipinski definition) is 2. The lowest BCUT2D eigenvalue weighted by atomic mass is 10.1. The summed E-state index contributed by atoms with van der Waals surface area (Å²) in [6.45, 7) is 1.74. The molecule has 0 bridgehead atoms. The number of benzene rings is 1. The van der Waals surface area contributed by atoms with E-state index >= 15 is 0 Å². The van der Waals surface area contributed by atoms with Crippen molar-refractivity contribution in [3.05, 3.63) is 64.7 Å². The number of rotatable bonds is 3. The summed E-state index contributed by atoms with van der Waals surface area (Å²) in [6, 6.07) is 9.30. The Kier molecular flexibility index (Phi) is 5.75. The Bertz CT molecular complexity index is 905. The number of nitrogens with zero attached hydrogens (tertiary/aromatic N) is 3. The molecule has 4 rings (SSSR count). The van der Waals surface area contributed by atoms with Crippen molar-refractivity contribution in [2.24, 2.45) is 0 Å². The number of hydrogen-bond acceptors (Lipinski definition) is 5. The van der Waals surface area contributed by atoms with Gasteiger partial charge in [-0.05, 0) is 36.8 Å². The monoisotopic (exact) mass is 417 g/mol. The Morgan fingerprint density at radius 3 is 2.52 bits per heavy atom. The second-order valence-corrected chi connectivity index (χ2v) is 7.54. The number of pyridine rings is 1. The summed E-state index contributed by atoms with van der Waals surface area (Å²) in [5.74, 6) is -0.761. The van der Waals surface area contributed by atoms with E-state index in [0.717, 1.165) is 5.69 Å². The fourth-order valence-corrected chi connectivity index (χ4v) is 3.84. The normalized spacial score (nSPS) is 22.0. The third-order valence-corrected chi connectivity index (χ3v) is 5.58. The number of nitrogens with one attached hydrogen (secondary N) is 2. The van der Waals surface area contributed by atoms with Crippen molar-refractivity contribution in [1.82, 2.24) is 25.6 Å². The SMILES string of the molecule is O=C(c1ccc(F)c(Cl)c1)N1CCN(C(=O)C2CC(c3ccccn3)NN2)CC1. The van der Waals surface area contributed by atoms with E-state index in [4.69, 9.17) is 11.6 Å². The zero-order chi connectivity index (χ0) is 20.4. The molecule has 7 nitrogen and oxygen atoms in total. The van der Waals surface area contributed by atoms with Gasteiger partial charge in [0.1, 0.15) is 11.9 Å². The summed E-state index contributed by atoms with van der Waals surface area (Å²) in [5, 5.41) is -0.0769. The first-order chi connectivity index (χ1) is 14.0. The Morgan fingerprint density at radius 1 is 1.07 bits per heavy atom. The van der Waals surface area contributed by atoms with Crippen LogP contribution in [0.25, 0.3) is 0 Å². The maximum Gasteiger partial charge on any atom is 0.254 e. The van der Waals surface area contributed by atoms with Gasteiger partial charge in [-0.2, -0.15) is 0 Å². The highest BCUT2D eigenvalue weighted by Gasteiger charge is 2.35. The molecular formula is C20H21ClFN5O2. The second kappa shape index (κ2) is 8.44. The summed E-state index contributed by atoms with van der Waals surface area (Å²) in [6.07, 6.45) is 2.35. The van der Waals surface area contributed by atoms with Crippen LogP contribution >= 0.6 is 11.6 Å². The molecule has 1 aromatic heterocycles. The molecule has 2 atom stereocenters. The number of carbonyl (C=O) groups excluding carboxylic acids is 2. The molecule has 0 saturated carbocycles. The summed E-state index contributed by atoms with van der Waals surface area (Å²) >= 11 is 5.77. The van der Waals surface area contributed by atoms with Crippen molar-refractivity contribution in [1.29, 1.82) is 0 Å². The molecule has 2 N–H and O–H groups in total. The highest BCUT2D eigenvalue weighted by atomic mass is 35.5. The highest BCUT2D eigenvalue weighted by molar-refractivity contribution is 6.31. The Hall–Kier alpha value is -2.55. The minimum absolute atomic E-state index is 0.00727. The van der Waals surface area contributed by atoms with E-state index in [2.05, 4.69) is 15.8 Å². The van der Waals surface area contributed by atoms with Crippen molar-refractivity contribution in [2.45, 2.75) is 18.5 Å². The summed E-state index contributed by atoms with van der Waals surface area (Å²) in [5.41, 5.74) is 7.43. The molecular weight excluding hydrogens is 397 g/mol. The largest absolute Gasteiger partial charge is 0.338 e. The average molecular weight is 418 g/mol. The topological polar surface area (TPSA) is 77.6 Å². The van der Waals surface area contributed by atoms with E-state index in [9.17, 15) is 14.0 Å². The van der Waals surface area contributed by atoms with Crippen molar-refractivity contribution >= 4 is 23.4 Å². The van der Waals surface area contributed by atoms with Gasteiger partial charge in [0.15, 0.2) is 0 Å². The zero-order valence-electron chi connectivity index (χ0n) is 15.6. The van der Waals surface area contributed by atoms with Gasteiger partial charge >= 0.3 is 0 Å². The van der Waals surface area contributed by atoms with E-state index in [0.29, 0.717) is 38.2 Å². The predicted molar refractivity (Wildman–Crippen MR) is 106 cm³/mol. The van der Waals surface area contributed by atoms with Gasteiger partial charge in [0.2, 0.25) is 5.91 Å². The fraction of sp³-hybridized carbons (Fsp3) is 0.350. The molecule has 2 amide bonds. The molecule has 2 aromatic rings. The van der Waals surface area contributed by atoms with E-state index in [1.54, 1.807) is 16.0 Å². The van der Waals surface area contributed by atoms with Crippen LogP contribution in [-0.4, -0.2) is 58.8 Å². The molecule has 29 heavy (non-hydrogen) atoms. The lowest BCUT2D eigenvalue weighted by Crippen LogP contribution is -2.54. The van der Waals surface area contributed by atoms with Crippen LogP contribution in [-0.2, 0) is 4.79 Å². The molecule has 2 unspecified atom stereocenters. The molecule has 3 heterocycles. The number of piperazine rings is 1. The number of aromatic nitrogens is 1.